The first-order chi connectivity index (χ1) is 8.46. The smallest absolute Gasteiger partial charge is 0.231 e. The number of hydrogen-bond acceptors (Lipinski definition) is 5. The molecule has 0 saturated carbocycles. The molecule has 0 aliphatic heterocycles. The molecule has 104 valence electrons. The van der Waals surface area contributed by atoms with Crippen molar-refractivity contribution in [2.75, 3.05) is 19.8 Å². The predicted molar refractivity (Wildman–Crippen MR) is 70.4 cm³/mol. The average molecular weight is 255 g/mol. The van der Waals surface area contributed by atoms with Gasteiger partial charge in [0.25, 0.3) is 0 Å². The van der Waals surface area contributed by atoms with Crippen LogP contribution in [0.3, 0.4) is 0 Å². The predicted octanol–water partition coefficient (Wildman–Crippen LogP) is 2.13. The molecule has 1 aromatic heterocycles. The van der Waals surface area contributed by atoms with Crippen molar-refractivity contribution >= 4 is 0 Å². The fourth-order valence-electron chi connectivity index (χ4n) is 1.85. The van der Waals surface area contributed by atoms with Crippen molar-refractivity contribution < 1.29 is 9.26 Å². The number of rotatable bonds is 7. The van der Waals surface area contributed by atoms with Gasteiger partial charge in [0.15, 0.2) is 5.82 Å². The summed E-state index contributed by atoms with van der Waals surface area (Å²) in [4.78, 5) is 4.40. The summed E-state index contributed by atoms with van der Waals surface area (Å²) in [5.74, 6) is 1.49. The number of ether oxygens (including phenoxy) is 1. The fourth-order valence-corrected chi connectivity index (χ4v) is 1.85. The third-order valence-corrected chi connectivity index (χ3v) is 2.65. The van der Waals surface area contributed by atoms with E-state index in [1.165, 1.54) is 0 Å². The van der Waals surface area contributed by atoms with Gasteiger partial charge in [-0.25, -0.2) is 0 Å². The SMILES string of the molecule is CCOCCc1noc(C(CN)CC(C)(C)C)n1. The van der Waals surface area contributed by atoms with Gasteiger partial charge in [0.05, 0.1) is 12.5 Å². The molecule has 5 nitrogen and oxygen atoms in total. The van der Waals surface area contributed by atoms with Crippen LogP contribution in [0.15, 0.2) is 4.52 Å². The van der Waals surface area contributed by atoms with Gasteiger partial charge in [-0.15, -0.1) is 0 Å². The van der Waals surface area contributed by atoms with Crippen LogP contribution in [0.5, 0.6) is 0 Å². The quantitative estimate of drug-likeness (QED) is 0.755. The van der Waals surface area contributed by atoms with E-state index >= 15 is 0 Å². The van der Waals surface area contributed by atoms with Gasteiger partial charge in [0, 0.05) is 19.6 Å². The van der Waals surface area contributed by atoms with E-state index in [-0.39, 0.29) is 11.3 Å². The summed E-state index contributed by atoms with van der Waals surface area (Å²) in [5.41, 5.74) is 5.99. The van der Waals surface area contributed by atoms with Gasteiger partial charge >= 0.3 is 0 Å². The lowest BCUT2D eigenvalue weighted by Gasteiger charge is -2.22. The Morgan fingerprint density at radius 3 is 2.67 bits per heavy atom. The molecule has 5 heteroatoms. The van der Waals surface area contributed by atoms with Crippen molar-refractivity contribution in [3.05, 3.63) is 11.7 Å². The van der Waals surface area contributed by atoms with E-state index in [0.717, 1.165) is 6.42 Å². The molecule has 1 atom stereocenters. The van der Waals surface area contributed by atoms with Crippen molar-refractivity contribution in [1.82, 2.24) is 10.1 Å². The molecule has 0 aliphatic rings. The molecule has 0 saturated heterocycles. The zero-order valence-corrected chi connectivity index (χ0v) is 11.9. The van der Waals surface area contributed by atoms with E-state index in [1.807, 2.05) is 6.92 Å². The van der Waals surface area contributed by atoms with Gasteiger partial charge in [0.2, 0.25) is 5.89 Å². The molecule has 1 unspecified atom stereocenters. The van der Waals surface area contributed by atoms with Gasteiger partial charge < -0.3 is 15.0 Å². The van der Waals surface area contributed by atoms with Crippen molar-refractivity contribution in [2.24, 2.45) is 11.1 Å². The van der Waals surface area contributed by atoms with Gasteiger partial charge in [0.1, 0.15) is 0 Å². The largest absolute Gasteiger partial charge is 0.381 e. The molecule has 1 aromatic rings. The second-order valence-electron chi connectivity index (χ2n) is 5.69. The summed E-state index contributed by atoms with van der Waals surface area (Å²) in [6.45, 7) is 10.4. The van der Waals surface area contributed by atoms with E-state index < -0.39 is 0 Å². The molecule has 0 amide bonds. The Morgan fingerprint density at radius 1 is 1.39 bits per heavy atom. The minimum atomic E-state index is 0.137. The zero-order valence-electron chi connectivity index (χ0n) is 11.9. The first-order valence-corrected chi connectivity index (χ1v) is 6.56. The van der Waals surface area contributed by atoms with Gasteiger partial charge in [-0.05, 0) is 18.8 Å². The molecule has 0 radical (unpaired) electrons. The Labute approximate surface area is 109 Å². The van der Waals surface area contributed by atoms with E-state index in [4.69, 9.17) is 15.0 Å². The Hall–Kier alpha value is -0.940. The average Bonchev–Trinajstić information content (AvgIpc) is 2.74. The van der Waals surface area contributed by atoms with E-state index in [0.29, 0.717) is 37.9 Å². The van der Waals surface area contributed by atoms with Crippen molar-refractivity contribution in [3.63, 3.8) is 0 Å². The van der Waals surface area contributed by atoms with E-state index in [9.17, 15) is 0 Å². The number of aromatic nitrogens is 2. The van der Waals surface area contributed by atoms with Crippen LogP contribution in [-0.4, -0.2) is 29.9 Å². The monoisotopic (exact) mass is 255 g/mol. The third kappa shape index (κ3) is 5.14. The van der Waals surface area contributed by atoms with Gasteiger partial charge in [-0.2, -0.15) is 4.98 Å². The van der Waals surface area contributed by atoms with Crippen LogP contribution in [0.4, 0.5) is 0 Å². The maximum atomic E-state index is 5.79. The number of nitrogens with two attached hydrogens (primary N) is 1. The summed E-state index contributed by atoms with van der Waals surface area (Å²) in [6, 6.07) is 0. The minimum Gasteiger partial charge on any atom is -0.381 e. The van der Waals surface area contributed by atoms with Crippen molar-refractivity contribution in [2.45, 2.75) is 46.5 Å². The summed E-state index contributed by atoms with van der Waals surface area (Å²) >= 11 is 0. The molecule has 2 N–H and O–H groups in total. The first-order valence-electron chi connectivity index (χ1n) is 6.56. The highest BCUT2D eigenvalue weighted by Crippen LogP contribution is 2.29. The fraction of sp³-hybridized carbons (Fsp3) is 0.846. The Balaban J connectivity index is 2.59. The van der Waals surface area contributed by atoms with Crippen molar-refractivity contribution in [1.29, 1.82) is 0 Å². The normalized spacial score (nSPS) is 13.8. The lowest BCUT2D eigenvalue weighted by Crippen LogP contribution is -2.19. The molecule has 1 rings (SSSR count). The summed E-state index contributed by atoms with van der Waals surface area (Å²) in [6.07, 6.45) is 1.63. The standard InChI is InChI=1S/C13H25N3O2/c1-5-17-7-6-11-15-12(18-16-11)10(9-14)8-13(2,3)4/h10H,5-9,14H2,1-4H3. The summed E-state index contributed by atoms with van der Waals surface area (Å²) < 4.78 is 10.6. The molecule has 0 fully saturated rings. The maximum absolute atomic E-state index is 5.79. The molecule has 18 heavy (non-hydrogen) atoms. The molecule has 0 bridgehead atoms. The Kier molecular flexibility index (Phi) is 5.75. The van der Waals surface area contributed by atoms with Crippen LogP contribution in [0, 0.1) is 5.41 Å². The lowest BCUT2D eigenvalue weighted by molar-refractivity contribution is 0.149. The van der Waals surface area contributed by atoms with Crippen molar-refractivity contribution in [3.8, 4) is 0 Å². The van der Waals surface area contributed by atoms with Crippen LogP contribution < -0.4 is 5.73 Å². The number of hydrogen-bond donors (Lipinski definition) is 1. The summed E-state index contributed by atoms with van der Waals surface area (Å²) in [7, 11) is 0. The topological polar surface area (TPSA) is 74.2 Å². The maximum Gasteiger partial charge on any atom is 0.231 e. The zero-order chi connectivity index (χ0) is 13.6. The summed E-state index contributed by atoms with van der Waals surface area (Å²) in [5, 5.41) is 3.97. The van der Waals surface area contributed by atoms with E-state index in [1.54, 1.807) is 0 Å². The Bertz CT molecular complexity index is 344. The molecule has 0 aromatic carbocycles. The highest BCUT2D eigenvalue weighted by Gasteiger charge is 2.23. The van der Waals surface area contributed by atoms with Gasteiger partial charge in [-0.1, -0.05) is 25.9 Å². The molecule has 0 aliphatic carbocycles. The van der Waals surface area contributed by atoms with Gasteiger partial charge in [-0.3, -0.25) is 0 Å². The van der Waals surface area contributed by atoms with Crippen LogP contribution in [0.1, 0.15) is 51.7 Å². The molecule has 1 heterocycles. The highest BCUT2D eigenvalue weighted by atomic mass is 16.5. The van der Waals surface area contributed by atoms with Crippen LogP contribution in [0.2, 0.25) is 0 Å². The molecular formula is C13H25N3O2. The molecular weight excluding hydrogens is 230 g/mol. The first kappa shape index (κ1) is 15.1. The van der Waals surface area contributed by atoms with Crippen LogP contribution >= 0.6 is 0 Å². The molecule has 0 spiro atoms. The van der Waals surface area contributed by atoms with Crippen LogP contribution in [-0.2, 0) is 11.2 Å². The Morgan fingerprint density at radius 2 is 2.11 bits per heavy atom. The second-order valence-corrected chi connectivity index (χ2v) is 5.69. The second kappa shape index (κ2) is 6.85. The number of nitrogens with zero attached hydrogens (tertiary/aromatic N) is 2. The van der Waals surface area contributed by atoms with E-state index in [2.05, 4.69) is 30.9 Å². The highest BCUT2D eigenvalue weighted by molar-refractivity contribution is 4.96. The van der Waals surface area contributed by atoms with Crippen LogP contribution in [0.25, 0.3) is 0 Å². The lowest BCUT2D eigenvalue weighted by atomic mass is 9.84. The minimum absolute atomic E-state index is 0.137. The third-order valence-electron chi connectivity index (χ3n) is 2.65.